The maximum atomic E-state index is 12.7. The van der Waals surface area contributed by atoms with Gasteiger partial charge in [0.15, 0.2) is 0 Å². The second-order valence-corrected chi connectivity index (χ2v) is 5.88. The highest BCUT2D eigenvalue weighted by Gasteiger charge is 2.34. The van der Waals surface area contributed by atoms with Gasteiger partial charge in [-0.15, -0.1) is 0 Å². The molecule has 0 saturated heterocycles. The Balaban J connectivity index is 2.29. The largest absolute Gasteiger partial charge is 0.842 e. The predicted molar refractivity (Wildman–Crippen MR) is 76.8 cm³/mol. The van der Waals surface area contributed by atoms with Gasteiger partial charge in [-0.1, -0.05) is 30.3 Å². The van der Waals surface area contributed by atoms with Crippen LogP contribution in [-0.4, -0.2) is 10.3 Å². The van der Waals surface area contributed by atoms with Crippen LogP contribution in [0.3, 0.4) is 0 Å². The van der Waals surface area contributed by atoms with Gasteiger partial charge in [-0.3, -0.25) is 0 Å². The number of thioether (sulfide) groups is 1. The van der Waals surface area contributed by atoms with Gasteiger partial charge in [-0.05, 0) is 17.3 Å². The van der Waals surface area contributed by atoms with Gasteiger partial charge in [0.1, 0.15) is 11.6 Å². The van der Waals surface area contributed by atoms with E-state index >= 15 is 0 Å². The van der Waals surface area contributed by atoms with Crippen molar-refractivity contribution >= 4 is 11.8 Å². The smallest absolute Gasteiger partial charge is 0.345 e. The van der Waals surface area contributed by atoms with Crippen LogP contribution in [0.5, 0.6) is 5.88 Å². The number of nitrogens with zero attached hydrogens (tertiary/aromatic N) is 3. The summed E-state index contributed by atoms with van der Waals surface area (Å²) in [6.45, 7) is 0. The first-order chi connectivity index (χ1) is 10.1. The van der Waals surface area contributed by atoms with Crippen LogP contribution in [0, 0.1) is 11.3 Å². The highest BCUT2D eigenvalue weighted by atomic mass is 32.2. The van der Waals surface area contributed by atoms with Gasteiger partial charge in [0.25, 0.3) is 0 Å². The van der Waals surface area contributed by atoms with Crippen LogP contribution in [0.15, 0.2) is 40.3 Å². The molecule has 1 unspecified atom stereocenters. The standard InChI is InChI=1S/C15H13N3O2S/c1-17-13(19)12(10-5-3-2-4-6-10)14(20)18-11(7-8-16)9-21-15(17)18/h2-6,11H,7,9H2,1H3. The Morgan fingerprint density at radius 1 is 1.48 bits per heavy atom. The van der Waals surface area contributed by atoms with Crippen molar-refractivity contribution in [2.75, 3.05) is 5.75 Å². The van der Waals surface area contributed by atoms with E-state index in [4.69, 9.17) is 5.26 Å². The molecule has 2 aromatic rings. The average Bonchev–Trinajstić information content (AvgIpc) is 2.91. The molecule has 1 aliphatic rings. The lowest BCUT2D eigenvalue weighted by molar-refractivity contribution is -0.783. The van der Waals surface area contributed by atoms with E-state index in [9.17, 15) is 9.90 Å². The first kappa shape index (κ1) is 13.7. The van der Waals surface area contributed by atoms with E-state index in [1.165, 1.54) is 16.3 Å². The number of nitriles is 1. The van der Waals surface area contributed by atoms with Gasteiger partial charge in [-0.2, -0.15) is 9.83 Å². The number of fused-ring (bicyclic) bond motifs is 1. The molecule has 1 aromatic heterocycles. The van der Waals surface area contributed by atoms with Crippen LogP contribution >= 0.6 is 11.8 Å². The molecule has 1 aromatic carbocycles. The Morgan fingerprint density at radius 2 is 2.19 bits per heavy atom. The molecule has 2 heterocycles. The predicted octanol–water partition coefficient (Wildman–Crippen LogP) is 0.974. The summed E-state index contributed by atoms with van der Waals surface area (Å²) < 4.78 is 3.10. The molecule has 106 valence electrons. The van der Waals surface area contributed by atoms with Crippen molar-refractivity contribution in [3.05, 3.63) is 40.7 Å². The Labute approximate surface area is 126 Å². The third kappa shape index (κ3) is 2.10. The minimum Gasteiger partial charge on any atom is -0.842 e. The Morgan fingerprint density at radius 3 is 2.86 bits per heavy atom. The molecule has 0 fully saturated rings. The Hall–Kier alpha value is -2.26. The summed E-state index contributed by atoms with van der Waals surface area (Å²) in [4.78, 5) is 12.5. The van der Waals surface area contributed by atoms with Gasteiger partial charge < -0.3 is 5.11 Å². The van der Waals surface area contributed by atoms with Crippen molar-refractivity contribution in [2.24, 2.45) is 7.05 Å². The molecule has 0 amide bonds. The van der Waals surface area contributed by atoms with Crippen molar-refractivity contribution in [3.63, 3.8) is 0 Å². The fraction of sp³-hybridized carbons (Fsp3) is 0.267. The first-order valence-electron chi connectivity index (χ1n) is 6.56. The molecule has 0 spiro atoms. The zero-order valence-corrected chi connectivity index (χ0v) is 12.3. The summed E-state index contributed by atoms with van der Waals surface area (Å²) >= 11 is 1.45. The van der Waals surface area contributed by atoms with Crippen LogP contribution in [0.4, 0.5) is 0 Å². The molecule has 0 N–H and O–H groups in total. The Bertz CT molecular complexity index is 793. The lowest BCUT2D eigenvalue weighted by atomic mass is 10.1. The van der Waals surface area contributed by atoms with Crippen LogP contribution in [0.25, 0.3) is 11.1 Å². The molecule has 1 aliphatic heterocycles. The molecular formula is C15H13N3O2S. The minimum absolute atomic E-state index is 0.170. The van der Waals surface area contributed by atoms with Crippen LogP contribution < -0.4 is 15.2 Å². The fourth-order valence-corrected chi connectivity index (χ4v) is 3.81. The lowest BCUT2D eigenvalue weighted by Crippen LogP contribution is -2.47. The molecule has 0 bridgehead atoms. The zero-order valence-electron chi connectivity index (χ0n) is 11.4. The normalized spacial score (nSPS) is 16.5. The van der Waals surface area contributed by atoms with E-state index in [2.05, 4.69) is 6.07 Å². The van der Waals surface area contributed by atoms with Crippen LogP contribution in [-0.2, 0) is 7.05 Å². The van der Waals surface area contributed by atoms with Gasteiger partial charge in [0.2, 0.25) is 0 Å². The number of aromatic nitrogens is 2. The van der Waals surface area contributed by atoms with Gasteiger partial charge in [0.05, 0.1) is 25.4 Å². The molecule has 5 nitrogen and oxygen atoms in total. The Kier molecular flexibility index (Phi) is 3.43. The fourth-order valence-electron chi connectivity index (χ4n) is 2.56. The zero-order chi connectivity index (χ0) is 15.0. The molecule has 3 rings (SSSR count). The van der Waals surface area contributed by atoms with Crippen LogP contribution in [0.2, 0.25) is 0 Å². The maximum absolute atomic E-state index is 12.7. The van der Waals surface area contributed by atoms with Crippen molar-refractivity contribution in [2.45, 2.75) is 17.6 Å². The number of rotatable bonds is 2. The van der Waals surface area contributed by atoms with Crippen LogP contribution in [0.1, 0.15) is 12.5 Å². The molecular weight excluding hydrogens is 286 g/mol. The average molecular weight is 299 g/mol. The van der Waals surface area contributed by atoms with Gasteiger partial charge in [-0.25, -0.2) is 9.36 Å². The van der Waals surface area contributed by atoms with Crippen molar-refractivity contribution in [3.8, 4) is 23.1 Å². The third-order valence-electron chi connectivity index (χ3n) is 3.60. The summed E-state index contributed by atoms with van der Waals surface area (Å²) in [5.74, 6) is 0.346. The molecule has 0 saturated carbocycles. The summed E-state index contributed by atoms with van der Waals surface area (Å²) in [5, 5.41) is 22.3. The number of hydrogen-bond acceptors (Lipinski definition) is 4. The second-order valence-electron chi connectivity index (χ2n) is 4.89. The topological polar surface area (TPSA) is 72.7 Å². The maximum Gasteiger partial charge on any atom is 0.345 e. The monoisotopic (exact) mass is 299 g/mol. The summed E-state index contributed by atoms with van der Waals surface area (Å²) in [6, 6.07) is 10.9. The second kappa shape index (κ2) is 5.26. The molecule has 6 heteroatoms. The van der Waals surface area contributed by atoms with E-state index in [1.807, 2.05) is 6.07 Å². The lowest BCUT2D eigenvalue weighted by Gasteiger charge is -2.18. The van der Waals surface area contributed by atoms with Gasteiger partial charge in [0, 0.05) is 5.75 Å². The van der Waals surface area contributed by atoms with E-state index in [1.54, 1.807) is 35.9 Å². The van der Waals surface area contributed by atoms with E-state index < -0.39 is 0 Å². The quantitative estimate of drug-likeness (QED) is 0.612. The highest BCUT2D eigenvalue weighted by molar-refractivity contribution is 7.99. The molecule has 0 radical (unpaired) electrons. The molecule has 21 heavy (non-hydrogen) atoms. The van der Waals surface area contributed by atoms with E-state index in [-0.39, 0.29) is 29.5 Å². The number of hydrogen-bond donors (Lipinski definition) is 0. The highest BCUT2D eigenvalue weighted by Crippen LogP contribution is 2.31. The van der Waals surface area contributed by atoms with E-state index in [0.29, 0.717) is 16.5 Å². The summed E-state index contributed by atoms with van der Waals surface area (Å²) in [7, 11) is 1.67. The first-order valence-corrected chi connectivity index (χ1v) is 7.54. The van der Waals surface area contributed by atoms with Crippen molar-refractivity contribution in [1.29, 1.82) is 5.26 Å². The summed E-state index contributed by atoms with van der Waals surface area (Å²) in [5.41, 5.74) is 0.501. The SMILES string of the molecule is Cn1c2[n+](c([O-])c(-c3ccccc3)c1=O)C(CC#N)CS2. The number of benzene rings is 1. The van der Waals surface area contributed by atoms with Gasteiger partial charge >= 0.3 is 10.7 Å². The molecule has 1 atom stereocenters. The van der Waals surface area contributed by atoms with Crippen molar-refractivity contribution < 1.29 is 9.67 Å². The summed E-state index contributed by atoms with van der Waals surface area (Å²) in [6.07, 6.45) is 0.270. The minimum atomic E-state index is -0.301. The molecule has 0 aliphatic carbocycles. The van der Waals surface area contributed by atoms with E-state index in [0.717, 1.165) is 0 Å². The van der Waals surface area contributed by atoms with Crippen molar-refractivity contribution in [1.82, 2.24) is 4.57 Å². The third-order valence-corrected chi connectivity index (χ3v) is 4.88.